The second-order valence-corrected chi connectivity index (χ2v) is 5.26. The summed E-state index contributed by atoms with van der Waals surface area (Å²) >= 11 is 0. The summed E-state index contributed by atoms with van der Waals surface area (Å²) in [7, 11) is 5.88. The zero-order chi connectivity index (χ0) is 15.0. The predicted octanol–water partition coefficient (Wildman–Crippen LogP) is 2.48. The molecule has 108 valence electrons. The van der Waals surface area contributed by atoms with E-state index in [0.29, 0.717) is 5.95 Å². The standard InChI is InChI=1S/C15H18N6/c1-10-8-16-15(19-14(10)20(2)3)18-12-5-6-13-11(7-12)9-17-21(13)4/h5-9H,1-4H3,(H,16,18,19). The van der Waals surface area contributed by atoms with Crippen LogP contribution in [0.4, 0.5) is 17.5 Å². The number of fused-ring (bicyclic) bond motifs is 1. The van der Waals surface area contributed by atoms with Crippen LogP contribution in [0.2, 0.25) is 0 Å². The van der Waals surface area contributed by atoms with Gasteiger partial charge in [-0.25, -0.2) is 4.98 Å². The Morgan fingerprint density at radius 2 is 2.00 bits per heavy atom. The molecule has 0 fully saturated rings. The van der Waals surface area contributed by atoms with Gasteiger partial charge in [0.05, 0.1) is 11.7 Å². The molecule has 0 spiro atoms. The van der Waals surface area contributed by atoms with Gasteiger partial charge in [0.1, 0.15) is 5.82 Å². The van der Waals surface area contributed by atoms with Crippen LogP contribution in [0.1, 0.15) is 5.56 Å². The van der Waals surface area contributed by atoms with Gasteiger partial charge in [-0.1, -0.05) is 0 Å². The lowest BCUT2D eigenvalue weighted by atomic mass is 10.2. The molecule has 0 bridgehead atoms. The van der Waals surface area contributed by atoms with Crippen molar-refractivity contribution in [1.29, 1.82) is 0 Å². The topological polar surface area (TPSA) is 58.9 Å². The minimum Gasteiger partial charge on any atom is -0.362 e. The van der Waals surface area contributed by atoms with Gasteiger partial charge in [-0.15, -0.1) is 0 Å². The van der Waals surface area contributed by atoms with Crippen LogP contribution < -0.4 is 10.2 Å². The van der Waals surface area contributed by atoms with Gasteiger partial charge in [-0.2, -0.15) is 10.1 Å². The molecule has 1 N–H and O–H groups in total. The zero-order valence-corrected chi connectivity index (χ0v) is 12.6. The first-order chi connectivity index (χ1) is 10.0. The average Bonchev–Trinajstić information content (AvgIpc) is 2.82. The number of aromatic nitrogens is 4. The summed E-state index contributed by atoms with van der Waals surface area (Å²) in [5.74, 6) is 1.50. The monoisotopic (exact) mass is 282 g/mol. The van der Waals surface area contributed by atoms with Gasteiger partial charge in [-0.05, 0) is 25.1 Å². The highest BCUT2D eigenvalue weighted by molar-refractivity contribution is 5.83. The maximum atomic E-state index is 4.54. The Hall–Kier alpha value is -2.63. The summed E-state index contributed by atoms with van der Waals surface area (Å²) in [4.78, 5) is 10.8. The fraction of sp³-hybridized carbons (Fsp3) is 0.267. The number of benzene rings is 1. The SMILES string of the molecule is Cc1cnc(Nc2ccc3c(cnn3C)c2)nc1N(C)C. The Bertz CT molecular complexity index is 790. The molecule has 3 aromatic rings. The number of aryl methyl sites for hydroxylation is 2. The third-order valence-electron chi connectivity index (χ3n) is 3.37. The molecule has 0 aliphatic heterocycles. The molecule has 0 unspecified atom stereocenters. The molecule has 1 aromatic carbocycles. The van der Waals surface area contributed by atoms with Crippen LogP contribution in [0, 0.1) is 6.92 Å². The molecule has 21 heavy (non-hydrogen) atoms. The van der Waals surface area contributed by atoms with Gasteiger partial charge in [0.15, 0.2) is 0 Å². The van der Waals surface area contributed by atoms with E-state index < -0.39 is 0 Å². The molecular formula is C15H18N6. The molecule has 0 aliphatic rings. The molecule has 0 amide bonds. The Morgan fingerprint density at radius 1 is 1.19 bits per heavy atom. The van der Waals surface area contributed by atoms with E-state index in [1.807, 2.05) is 68.2 Å². The third kappa shape index (κ3) is 2.52. The third-order valence-corrected chi connectivity index (χ3v) is 3.37. The van der Waals surface area contributed by atoms with Crippen molar-refractivity contribution in [3.05, 3.63) is 36.2 Å². The Balaban J connectivity index is 1.92. The predicted molar refractivity (Wildman–Crippen MR) is 85.1 cm³/mol. The van der Waals surface area contributed by atoms with Gasteiger partial charge in [-0.3, -0.25) is 4.68 Å². The number of nitrogens with zero attached hydrogens (tertiary/aromatic N) is 5. The molecule has 3 rings (SSSR count). The van der Waals surface area contributed by atoms with E-state index in [-0.39, 0.29) is 0 Å². The van der Waals surface area contributed by atoms with Gasteiger partial charge in [0.25, 0.3) is 0 Å². The first-order valence-electron chi connectivity index (χ1n) is 6.74. The van der Waals surface area contributed by atoms with E-state index in [2.05, 4.69) is 20.4 Å². The normalized spacial score (nSPS) is 10.9. The van der Waals surface area contributed by atoms with Crippen LogP contribution in [0.5, 0.6) is 0 Å². The maximum Gasteiger partial charge on any atom is 0.229 e. The summed E-state index contributed by atoms with van der Waals surface area (Å²) in [6, 6.07) is 6.08. The maximum absolute atomic E-state index is 4.54. The minimum absolute atomic E-state index is 0.590. The Kier molecular flexibility index (Phi) is 3.21. The van der Waals surface area contributed by atoms with E-state index >= 15 is 0 Å². The quantitative estimate of drug-likeness (QED) is 0.799. The van der Waals surface area contributed by atoms with Crippen LogP contribution in [0.3, 0.4) is 0 Å². The van der Waals surface area contributed by atoms with Crippen LogP contribution >= 0.6 is 0 Å². The second kappa shape index (κ2) is 5.05. The highest BCUT2D eigenvalue weighted by atomic mass is 15.2. The Labute approximate surface area is 123 Å². The van der Waals surface area contributed by atoms with E-state index in [4.69, 9.17) is 0 Å². The molecule has 0 aliphatic carbocycles. The lowest BCUT2D eigenvalue weighted by Gasteiger charge is -2.15. The van der Waals surface area contributed by atoms with Crippen molar-refractivity contribution in [3.63, 3.8) is 0 Å². The van der Waals surface area contributed by atoms with Crippen molar-refractivity contribution in [2.24, 2.45) is 7.05 Å². The van der Waals surface area contributed by atoms with Crippen molar-refractivity contribution in [2.75, 3.05) is 24.3 Å². The van der Waals surface area contributed by atoms with Crippen LogP contribution in [0.25, 0.3) is 10.9 Å². The molecule has 2 aromatic heterocycles. The summed E-state index contributed by atoms with van der Waals surface area (Å²) in [6.07, 6.45) is 3.68. The van der Waals surface area contributed by atoms with Gasteiger partial charge >= 0.3 is 0 Å². The Morgan fingerprint density at radius 3 is 2.76 bits per heavy atom. The second-order valence-electron chi connectivity index (χ2n) is 5.26. The largest absolute Gasteiger partial charge is 0.362 e. The lowest BCUT2D eigenvalue weighted by molar-refractivity contribution is 0.797. The van der Waals surface area contributed by atoms with Crippen molar-refractivity contribution in [1.82, 2.24) is 19.7 Å². The molecule has 0 saturated heterocycles. The summed E-state index contributed by atoms with van der Waals surface area (Å²) in [5.41, 5.74) is 3.09. The number of rotatable bonds is 3. The van der Waals surface area contributed by atoms with E-state index in [1.165, 1.54) is 0 Å². The van der Waals surface area contributed by atoms with Crippen molar-refractivity contribution in [3.8, 4) is 0 Å². The lowest BCUT2D eigenvalue weighted by Crippen LogP contribution is -2.13. The van der Waals surface area contributed by atoms with Gasteiger partial charge in [0, 0.05) is 44.0 Å². The zero-order valence-electron chi connectivity index (χ0n) is 12.6. The van der Waals surface area contributed by atoms with Gasteiger partial charge < -0.3 is 10.2 Å². The van der Waals surface area contributed by atoms with E-state index in [0.717, 1.165) is 28.0 Å². The first kappa shape index (κ1) is 13.4. The fourth-order valence-corrected chi connectivity index (χ4v) is 2.32. The van der Waals surface area contributed by atoms with Crippen LogP contribution in [-0.4, -0.2) is 33.8 Å². The number of nitrogens with one attached hydrogen (secondary N) is 1. The van der Waals surface area contributed by atoms with E-state index in [1.54, 1.807) is 0 Å². The highest BCUT2D eigenvalue weighted by Crippen LogP contribution is 2.22. The molecule has 6 nitrogen and oxygen atoms in total. The molecule has 0 radical (unpaired) electrons. The van der Waals surface area contributed by atoms with E-state index in [9.17, 15) is 0 Å². The van der Waals surface area contributed by atoms with Crippen LogP contribution in [0.15, 0.2) is 30.6 Å². The first-order valence-corrected chi connectivity index (χ1v) is 6.74. The molecule has 2 heterocycles. The fourth-order valence-electron chi connectivity index (χ4n) is 2.32. The van der Waals surface area contributed by atoms with Gasteiger partial charge in [0.2, 0.25) is 5.95 Å². The molecule has 0 atom stereocenters. The highest BCUT2D eigenvalue weighted by Gasteiger charge is 2.07. The van der Waals surface area contributed by atoms with Crippen LogP contribution in [-0.2, 0) is 7.05 Å². The number of hydrogen-bond acceptors (Lipinski definition) is 5. The average molecular weight is 282 g/mol. The minimum atomic E-state index is 0.590. The molecule has 6 heteroatoms. The van der Waals surface area contributed by atoms with Crippen molar-refractivity contribution >= 4 is 28.4 Å². The number of hydrogen-bond donors (Lipinski definition) is 1. The molecule has 0 saturated carbocycles. The summed E-state index contributed by atoms with van der Waals surface area (Å²) < 4.78 is 1.85. The summed E-state index contributed by atoms with van der Waals surface area (Å²) in [5, 5.41) is 8.57. The summed E-state index contributed by atoms with van der Waals surface area (Å²) in [6.45, 7) is 2.00. The van der Waals surface area contributed by atoms with Crippen molar-refractivity contribution in [2.45, 2.75) is 6.92 Å². The molecular weight excluding hydrogens is 264 g/mol. The smallest absolute Gasteiger partial charge is 0.229 e. The number of anilines is 3. The van der Waals surface area contributed by atoms with Crippen molar-refractivity contribution < 1.29 is 0 Å².